The molecule has 0 aromatic heterocycles. The Morgan fingerprint density at radius 1 is 1.08 bits per heavy atom. The number of ether oxygens (including phenoxy) is 3. The van der Waals surface area contributed by atoms with Gasteiger partial charge in [-0.05, 0) is 39.3 Å². The molecule has 1 unspecified atom stereocenters. The number of rotatable bonds is 6. The van der Waals surface area contributed by atoms with Crippen LogP contribution in [0.2, 0.25) is 0 Å². The molecule has 2 rings (SSSR count). The van der Waals surface area contributed by atoms with Crippen molar-refractivity contribution in [3.63, 3.8) is 0 Å². The van der Waals surface area contributed by atoms with E-state index in [9.17, 15) is 4.79 Å². The first kappa shape index (κ1) is 18.8. The SMILES string of the molecule is COc1cc(OCc2ccccc2)ccc1C(C)C(=O)OC(C)(C)C. The van der Waals surface area contributed by atoms with E-state index in [-0.39, 0.29) is 5.97 Å². The van der Waals surface area contributed by atoms with Crippen molar-refractivity contribution in [3.8, 4) is 11.5 Å². The van der Waals surface area contributed by atoms with Crippen LogP contribution in [0.5, 0.6) is 11.5 Å². The minimum atomic E-state index is -0.517. The smallest absolute Gasteiger partial charge is 0.313 e. The van der Waals surface area contributed by atoms with Gasteiger partial charge in [0.05, 0.1) is 13.0 Å². The monoisotopic (exact) mass is 342 g/mol. The van der Waals surface area contributed by atoms with Crippen LogP contribution in [0.3, 0.4) is 0 Å². The lowest BCUT2D eigenvalue weighted by atomic mass is 9.99. The summed E-state index contributed by atoms with van der Waals surface area (Å²) in [6.45, 7) is 7.86. The average molecular weight is 342 g/mol. The van der Waals surface area contributed by atoms with Crippen molar-refractivity contribution in [2.45, 2.75) is 45.8 Å². The highest BCUT2D eigenvalue weighted by molar-refractivity contribution is 5.79. The Balaban J connectivity index is 2.11. The molecule has 25 heavy (non-hydrogen) atoms. The average Bonchev–Trinajstić information content (AvgIpc) is 2.58. The highest BCUT2D eigenvalue weighted by Crippen LogP contribution is 2.32. The van der Waals surface area contributed by atoms with Crippen LogP contribution >= 0.6 is 0 Å². The Kier molecular flexibility index (Phi) is 6.07. The summed E-state index contributed by atoms with van der Waals surface area (Å²) in [5.41, 5.74) is 1.36. The second kappa shape index (κ2) is 8.06. The number of benzene rings is 2. The quantitative estimate of drug-likeness (QED) is 0.713. The standard InChI is InChI=1S/C21H26O4/c1-15(20(22)25-21(2,3)4)18-12-11-17(13-19(18)23-5)24-14-16-9-7-6-8-10-16/h6-13,15H,14H2,1-5H3. The molecule has 0 heterocycles. The van der Waals surface area contributed by atoms with Crippen molar-refractivity contribution < 1.29 is 19.0 Å². The Hall–Kier alpha value is -2.49. The predicted molar refractivity (Wildman–Crippen MR) is 98.0 cm³/mol. The molecule has 0 spiro atoms. The first-order valence-corrected chi connectivity index (χ1v) is 8.37. The van der Waals surface area contributed by atoms with Crippen molar-refractivity contribution in [1.29, 1.82) is 0 Å². The second-order valence-corrected chi connectivity index (χ2v) is 6.93. The summed E-state index contributed by atoms with van der Waals surface area (Å²) < 4.78 is 16.7. The van der Waals surface area contributed by atoms with E-state index in [1.807, 2.05) is 70.2 Å². The van der Waals surface area contributed by atoms with Gasteiger partial charge in [-0.15, -0.1) is 0 Å². The number of carbonyl (C=O) groups excluding carboxylic acids is 1. The Morgan fingerprint density at radius 3 is 2.36 bits per heavy atom. The van der Waals surface area contributed by atoms with Gasteiger partial charge in [-0.1, -0.05) is 36.4 Å². The van der Waals surface area contributed by atoms with Crippen LogP contribution in [0.25, 0.3) is 0 Å². The van der Waals surface area contributed by atoms with Crippen LogP contribution in [0.15, 0.2) is 48.5 Å². The van der Waals surface area contributed by atoms with Crippen LogP contribution in [-0.2, 0) is 16.1 Å². The summed E-state index contributed by atoms with van der Waals surface area (Å²) >= 11 is 0. The minimum absolute atomic E-state index is 0.274. The summed E-state index contributed by atoms with van der Waals surface area (Å²) in [5.74, 6) is 0.617. The molecular weight excluding hydrogens is 316 g/mol. The van der Waals surface area contributed by atoms with Gasteiger partial charge in [0, 0.05) is 11.6 Å². The van der Waals surface area contributed by atoms with Crippen molar-refractivity contribution in [2.24, 2.45) is 0 Å². The van der Waals surface area contributed by atoms with Crippen LogP contribution in [-0.4, -0.2) is 18.7 Å². The molecule has 2 aromatic rings. The molecule has 0 saturated carbocycles. The molecule has 0 aliphatic carbocycles. The van der Waals surface area contributed by atoms with E-state index in [1.165, 1.54) is 0 Å². The maximum atomic E-state index is 12.3. The van der Waals surface area contributed by atoms with Crippen LogP contribution in [0.4, 0.5) is 0 Å². The third kappa shape index (κ3) is 5.52. The Labute approximate surface area is 149 Å². The van der Waals surface area contributed by atoms with Gasteiger partial charge in [0.1, 0.15) is 23.7 Å². The van der Waals surface area contributed by atoms with Crippen LogP contribution < -0.4 is 9.47 Å². The molecule has 4 nitrogen and oxygen atoms in total. The molecule has 0 saturated heterocycles. The zero-order valence-electron chi connectivity index (χ0n) is 15.5. The van der Waals surface area contributed by atoms with E-state index < -0.39 is 11.5 Å². The van der Waals surface area contributed by atoms with E-state index in [0.29, 0.717) is 18.1 Å². The van der Waals surface area contributed by atoms with Crippen molar-refractivity contribution in [1.82, 2.24) is 0 Å². The molecule has 0 N–H and O–H groups in total. The molecule has 134 valence electrons. The molecule has 0 bridgehead atoms. The van der Waals surface area contributed by atoms with Gasteiger partial charge in [-0.3, -0.25) is 4.79 Å². The summed E-state index contributed by atoms with van der Waals surface area (Å²) in [5, 5.41) is 0. The van der Waals surface area contributed by atoms with Crippen molar-refractivity contribution in [2.75, 3.05) is 7.11 Å². The van der Waals surface area contributed by atoms with Gasteiger partial charge in [0.25, 0.3) is 0 Å². The molecule has 1 atom stereocenters. The third-order valence-electron chi connectivity index (χ3n) is 3.68. The maximum Gasteiger partial charge on any atom is 0.313 e. The molecule has 0 fully saturated rings. The van der Waals surface area contributed by atoms with Crippen molar-refractivity contribution >= 4 is 5.97 Å². The van der Waals surface area contributed by atoms with E-state index in [0.717, 1.165) is 11.1 Å². The topological polar surface area (TPSA) is 44.8 Å². The number of hydrogen-bond donors (Lipinski definition) is 0. The number of methoxy groups -OCH3 is 1. The molecule has 0 aliphatic rings. The lowest BCUT2D eigenvalue weighted by Gasteiger charge is -2.23. The Bertz CT molecular complexity index is 702. The van der Waals surface area contributed by atoms with Gasteiger partial charge in [0.2, 0.25) is 0 Å². The summed E-state index contributed by atoms with van der Waals surface area (Å²) in [6, 6.07) is 15.5. The van der Waals surface area contributed by atoms with Gasteiger partial charge in [-0.25, -0.2) is 0 Å². The highest BCUT2D eigenvalue weighted by Gasteiger charge is 2.25. The minimum Gasteiger partial charge on any atom is -0.496 e. The molecular formula is C21H26O4. The van der Waals surface area contributed by atoms with Gasteiger partial charge in [-0.2, -0.15) is 0 Å². The summed E-state index contributed by atoms with van der Waals surface area (Å²) in [7, 11) is 1.58. The third-order valence-corrected chi connectivity index (χ3v) is 3.68. The zero-order valence-corrected chi connectivity index (χ0v) is 15.5. The van der Waals surface area contributed by atoms with E-state index in [2.05, 4.69) is 0 Å². The van der Waals surface area contributed by atoms with Gasteiger partial charge < -0.3 is 14.2 Å². The highest BCUT2D eigenvalue weighted by atomic mass is 16.6. The van der Waals surface area contributed by atoms with Gasteiger partial charge in [0.15, 0.2) is 0 Å². The molecule has 4 heteroatoms. The lowest BCUT2D eigenvalue weighted by Crippen LogP contribution is -2.27. The zero-order chi connectivity index (χ0) is 18.4. The fourth-order valence-corrected chi connectivity index (χ4v) is 2.40. The van der Waals surface area contributed by atoms with Crippen LogP contribution in [0.1, 0.15) is 44.7 Å². The number of esters is 1. The largest absolute Gasteiger partial charge is 0.496 e. The lowest BCUT2D eigenvalue weighted by molar-refractivity contribution is -0.156. The Morgan fingerprint density at radius 2 is 1.76 bits per heavy atom. The molecule has 0 aliphatic heterocycles. The summed E-state index contributed by atoms with van der Waals surface area (Å²) in [6.07, 6.45) is 0. The number of hydrogen-bond acceptors (Lipinski definition) is 4. The van der Waals surface area contributed by atoms with Crippen LogP contribution in [0, 0.1) is 0 Å². The molecule has 0 amide bonds. The number of carbonyl (C=O) groups is 1. The van der Waals surface area contributed by atoms with Crippen molar-refractivity contribution in [3.05, 3.63) is 59.7 Å². The normalized spacial score (nSPS) is 12.4. The maximum absolute atomic E-state index is 12.3. The fourth-order valence-electron chi connectivity index (χ4n) is 2.40. The summed E-state index contributed by atoms with van der Waals surface area (Å²) in [4.78, 5) is 12.3. The first-order chi connectivity index (χ1) is 11.8. The molecule has 0 radical (unpaired) electrons. The van der Waals surface area contributed by atoms with E-state index >= 15 is 0 Å². The van der Waals surface area contributed by atoms with E-state index in [1.54, 1.807) is 13.2 Å². The fraction of sp³-hybridized carbons (Fsp3) is 0.381. The molecule has 2 aromatic carbocycles. The predicted octanol–water partition coefficient (Wildman–Crippen LogP) is 4.72. The van der Waals surface area contributed by atoms with E-state index in [4.69, 9.17) is 14.2 Å². The van der Waals surface area contributed by atoms with Gasteiger partial charge >= 0.3 is 5.97 Å². The second-order valence-electron chi connectivity index (χ2n) is 6.93. The first-order valence-electron chi connectivity index (χ1n) is 8.37.